The number of carbonyl (C=O) groups is 2. The quantitative estimate of drug-likeness (QED) is 0.656. The minimum atomic E-state index is -0.541. The van der Waals surface area contributed by atoms with E-state index < -0.39 is 5.97 Å². The van der Waals surface area contributed by atoms with Gasteiger partial charge in [0.25, 0.3) is 5.91 Å². The molecule has 5 nitrogen and oxygen atoms in total. The Hall–Kier alpha value is -2.78. The summed E-state index contributed by atoms with van der Waals surface area (Å²) in [5, 5.41) is 12.3. The minimum Gasteiger partial charge on any atom is -0.452 e. The summed E-state index contributed by atoms with van der Waals surface area (Å²) in [5.41, 5.74) is 0.929. The first-order valence-electron chi connectivity index (χ1n) is 10.4. The molecule has 0 aliphatic heterocycles. The zero-order valence-electron chi connectivity index (χ0n) is 16.9. The van der Waals surface area contributed by atoms with Crippen molar-refractivity contribution in [3.63, 3.8) is 0 Å². The van der Waals surface area contributed by atoms with Gasteiger partial charge < -0.3 is 10.1 Å². The zero-order valence-corrected chi connectivity index (χ0v) is 17.7. The maximum absolute atomic E-state index is 12.6. The molecule has 0 bridgehead atoms. The van der Waals surface area contributed by atoms with E-state index in [1.807, 2.05) is 24.3 Å². The van der Waals surface area contributed by atoms with Crippen molar-refractivity contribution in [2.45, 2.75) is 60.8 Å². The summed E-state index contributed by atoms with van der Waals surface area (Å²) in [5.74, 6) is -0.797. The second-order valence-corrected chi connectivity index (χ2v) is 8.48. The van der Waals surface area contributed by atoms with Gasteiger partial charge in [0, 0.05) is 15.8 Å². The lowest BCUT2D eigenvalue weighted by molar-refractivity contribution is -0.125. The molecule has 0 radical (unpaired) electrons. The average Bonchev–Trinajstić information content (AvgIpc) is 2.74. The van der Waals surface area contributed by atoms with Crippen molar-refractivity contribution in [2.24, 2.45) is 0 Å². The molecule has 2 aromatic carbocycles. The summed E-state index contributed by atoms with van der Waals surface area (Å²) in [6.07, 6.45) is 7.91. The molecule has 0 aromatic heterocycles. The predicted molar refractivity (Wildman–Crippen MR) is 116 cm³/mol. The Morgan fingerprint density at radius 1 is 0.967 bits per heavy atom. The summed E-state index contributed by atoms with van der Waals surface area (Å²) >= 11 is 1.34. The maximum atomic E-state index is 12.6. The smallest absolute Gasteiger partial charge is 0.339 e. The molecule has 2 aromatic rings. The standard InChI is InChI=1S/C24H26N2O3S/c25-16-18-10-6-8-14-21(18)30-22-15-9-7-13-20(22)24(28)29-17-23(27)26-19-11-4-2-1-3-5-12-19/h6-10,13-15,19H,1-5,11-12,17H2,(H,26,27). The first-order valence-corrected chi connectivity index (χ1v) is 11.2. The van der Waals surface area contributed by atoms with Crippen molar-refractivity contribution in [1.82, 2.24) is 5.32 Å². The Bertz CT molecular complexity index is 915. The molecule has 6 heteroatoms. The average molecular weight is 423 g/mol. The van der Waals surface area contributed by atoms with E-state index in [0.29, 0.717) is 16.0 Å². The van der Waals surface area contributed by atoms with Crippen LogP contribution in [-0.4, -0.2) is 24.5 Å². The van der Waals surface area contributed by atoms with Crippen LogP contribution in [0.3, 0.4) is 0 Å². The van der Waals surface area contributed by atoms with Gasteiger partial charge in [-0.1, -0.05) is 68.1 Å². The van der Waals surface area contributed by atoms with Gasteiger partial charge in [0.2, 0.25) is 0 Å². The van der Waals surface area contributed by atoms with Crippen LogP contribution < -0.4 is 5.32 Å². The molecule has 1 aliphatic rings. The van der Waals surface area contributed by atoms with Gasteiger partial charge in [0.15, 0.2) is 6.61 Å². The molecular formula is C24H26N2O3S. The third-order valence-electron chi connectivity index (χ3n) is 5.14. The lowest BCUT2D eigenvalue weighted by atomic mass is 9.97. The van der Waals surface area contributed by atoms with E-state index in [9.17, 15) is 14.9 Å². The Labute approximate surface area is 181 Å². The number of nitriles is 1. The fourth-order valence-electron chi connectivity index (χ4n) is 3.57. The largest absolute Gasteiger partial charge is 0.452 e. The summed E-state index contributed by atoms with van der Waals surface area (Å²) in [4.78, 5) is 26.4. The Kier molecular flexibility index (Phi) is 8.34. The molecule has 0 atom stereocenters. The molecule has 1 saturated carbocycles. The number of carbonyl (C=O) groups excluding carboxylic acids is 2. The number of benzene rings is 2. The lowest BCUT2D eigenvalue weighted by Crippen LogP contribution is -2.38. The number of nitrogens with zero attached hydrogens (tertiary/aromatic N) is 1. The van der Waals surface area contributed by atoms with Crippen LogP contribution in [0.2, 0.25) is 0 Å². The van der Waals surface area contributed by atoms with Crippen molar-refractivity contribution >= 4 is 23.6 Å². The van der Waals surface area contributed by atoms with Gasteiger partial charge in [-0.3, -0.25) is 4.79 Å². The van der Waals surface area contributed by atoms with Crippen molar-refractivity contribution in [2.75, 3.05) is 6.61 Å². The molecule has 1 fully saturated rings. The number of amides is 1. The van der Waals surface area contributed by atoms with E-state index in [4.69, 9.17) is 4.74 Å². The van der Waals surface area contributed by atoms with Crippen LogP contribution in [0, 0.1) is 11.3 Å². The fourth-order valence-corrected chi connectivity index (χ4v) is 4.58. The van der Waals surface area contributed by atoms with E-state index in [0.717, 1.165) is 30.6 Å². The van der Waals surface area contributed by atoms with E-state index in [2.05, 4.69) is 11.4 Å². The third-order valence-corrected chi connectivity index (χ3v) is 6.29. The van der Waals surface area contributed by atoms with E-state index >= 15 is 0 Å². The molecule has 1 N–H and O–H groups in total. The molecular weight excluding hydrogens is 396 g/mol. The highest BCUT2D eigenvalue weighted by Gasteiger charge is 2.18. The van der Waals surface area contributed by atoms with Crippen LogP contribution in [0.1, 0.15) is 60.9 Å². The van der Waals surface area contributed by atoms with Crippen LogP contribution in [0.4, 0.5) is 0 Å². The van der Waals surface area contributed by atoms with Crippen molar-refractivity contribution in [1.29, 1.82) is 5.26 Å². The summed E-state index contributed by atoms with van der Waals surface area (Å²) in [7, 11) is 0. The number of rotatable bonds is 6. The van der Waals surface area contributed by atoms with Gasteiger partial charge in [0.05, 0.1) is 11.1 Å². The van der Waals surface area contributed by atoms with Crippen LogP contribution in [0.25, 0.3) is 0 Å². The SMILES string of the molecule is N#Cc1ccccc1Sc1ccccc1C(=O)OCC(=O)NC1CCCCCCC1. The minimum absolute atomic E-state index is 0.168. The number of nitrogens with one attached hydrogen (secondary N) is 1. The third kappa shape index (κ3) is 6.36. The van der Waals surface area contributed by atoms with E-state index in [1.54, 1.807) is 24.3 Å². The summed E-state index contributed by atoms with van der Waals surface area (Å²) < 4.78 is 5.29. The maximum Gasteiger partial charge on any atom is 0.339 e. The van der Waals surface area contributed by atoms with Crippen LogP contribution in [0.15, 0.2) is 58.3 Å². The van der Waals surface area contributed by atoms with Gasteiger partial charge in [-0.15, -0.1) is 0 Å². The van der Waals surface area contributed by atoms with Crippen LogP contribution >= 0.6 is 11.8 Å². The number of esters is 1. The van der Waals surface area contributed by atoms with E-state index in [1.165, 1.54) is 31.0 Å². The van der Waals surface area contributed by atoms with Gasteiger partial charge >= 0.3 is 5.97 Å². The zero-order chi connectivity index (χ0) is 21.2. The first kappa shape index (κ1) is 21.9. The Balaban J connectivity index is 1.59. The van der Waals surface area contributed by atoms with Crippen LogP contribution in [-0.2, 0) is 9.53 Å². The number of ether oxygens (including phenoxy) is 1. The van der Waals surface area contributed by atoms with Gasteiger partial charge in [0.1, 0.15) is 6.07 Å². The van der Waals surface area contributed by atoms with Crippen molar-refractivity contribution < 1.29 is 14.3 Å². The van der Waals surface area contributed by atoms with Gasteiger partial charge in [-0.25, -0.2) is 4.79 Å². The molecule has 1 aliphatic carbocycles. The summed E-state index contributed by atoms with van der Waals surface area (Å²) in [6, 6.07) is 16.6. The highest BCUT2D eigenvalue weighted by Crippen LogP contribution is 2.32. The monoisotopic (exact) mass is 422 g/mol. The molecule has 0 spiro atoms. The normalized spacial score (nSPS) is 14.8. The Morgan fingerprint density at radius 3 is 2.33 bits per heavy atom. The van der Waals surface area contributed by atoms with Gasteiger partial charge in [-0.2, -0.15) is 5.26 Å². The first-order chi connectivity index (χ1) is 14.7. The molecule has 0 heterocycles. The molecule has 1 amide bonds. The number of hydrogen-bond donors (Lipinski definition) is 1. The Morgan fingerprint density at radius 2 is 1.60 bits per heavy atom. The van der Waals surface area contributed by atoms with Crippen molar-refractivity contribution in [3.05, 3.63) is 59.7 Å². The molecule has 0 saturated heterocycles. The second-order valence-electron chi connectivity index (χ2n) is 7.39. The molecule has 30 heavy (non-hydrogen) atoms. The lowest BCUT2D eigenvalue weighted by Gasteiger charge is -2.21. The van der Waals surface area contributed by atoms with Crippen molar-refractivity contribution in [3.8, 4) is 6.07 Å². The fraction of sp³-hybridized carbons (Fsp3) is 0.375. The molecule has 0 unspecified atom stereocenters. The highest BCUT2D eigenvalue weighted by molar-refractivity contribution is 7.99. The topological polar surface area (TPSA) is 79.2 Å². The van der Waals surface area contributed by atoms with E-state index in [-0.39, 0.29) is 18.6 Å². The highest BCUT2D eigenvalue weighted by atomic mass is 32.2. The summed E-state index contributed by atoms with van der Waals surface area (Å²) in [6.45, 7) is -0.289. The molecule has 156 valence electrons. The van der Waals surface area contributed by atoms with Crippen LogP contribution in [0.5, 0.6) is 0 Å². The predicted octanol–water partition coefficient (Wildman–Crippen LogP) is 5.10. The molecule has 3 rings (SSSR count). The number of hydrogen-bond acceptors (Lipinski definition) is 5. The van der Waals surface area contributed by atoms with Gasteiger partial charge in [-0.05, 0) is 37.1 Å². The second kappa shape index (κ2) is 11.4.